The highest BCUT2D eigenvalue weighted by molar-refractivity contribution is 7.98. The Bertz CT molecular complexity index is 1580. The van der Waals surface area contributed by atoms with E-state index in [4.69, 9.17) is 21.1 Å². The van der Waals surface area contributed by atoms with Gasteiger partial charge in [0.15, 0.2) is 11.5 Å². The lowest BCUT2D eigenvalue weighted by atomic mass is 10.2. The predicted octanol–water partition coefficient (Wildman–Crippen LogP) is 6.79. The van der Waals surface area contributed by atoms with Gasteiger partial charge in [-0.15, -0.1) is 11.8 Å². The first-order valence-electron chi connectivity index (χ1n) is 12.3. The Hall–Kier alpha value is -3.66. The molecule has 0 radical (unpaired) electrons. The Balaban J connectivity index is 1.59. The van der Waals surface area contributed by atoms with Crippen molar-refractivity contribution in [3.05, 3.63) is 107 Å². The lowest BCUT2D eigenvalue weighted by molar-refractivity contribution is -0.114. The topological polar surface area (TPSA) is 84.9 Å². The number of nitrogens with one attached hydrogen (secondary N) is 1. The van der Waals surface area contributed by atoms with Gasteiger partial charge in [-0.25, -0.2) is 8.42 Å². The molecular formula is C30H29ClN2O5S2. The Morgan fingerprint density at radius 2 is 1.57 bits per heavy atom. The lowest BCUT2D eigenvalue weighted by Gasteiger charge is -2.25. The quantitative estimate of drug-likeness (QED) is 0.192. The molecule has 4 rings (SSSR count). The Morgan fingerprint density at radius 1 is 0.900 bits per heavy atom. The van der Waals surface area contributed by atoms with Gasteiger partial charge in [0.05, 0.1) is 30.5 Å². The highest BCUT2D eigenvalue weighted by Crippen LogP contribution is 2.33. The molecule has 0 saturated carbocycles. The van der Waals surface area contributed by atoms with Crippen molar-refractivity contribution < 1.29 is 22.7 Å². The number of benzene rings is 4. The number of methoxy groups -OCH3 is 2. The van der Waals surface area contributed by atoms with E-state index in [0.717, 1.165) is 20.3 Å². The number of carbonyl (C=O) groups excluding carboxylic acids is 1. The monoisotopic (exact) mass is 596 g/mol. The number of hydrogen-bond acceptors (Lipinski definition) is 6. The third-order valence-corrected chi connectivity index (χ3v) is 9.19. The van der Waals surface area contributed by atoms with E-state index >= 15 is 0 Å². The van der Waals surface area contributed by atoms with Gasteiger partial charge in [-0.05, 0) is 61.0 Å². The molecule has 208 valence electrons. The van der Waals surface area contributed by atoms with Crippen molar-refractivity contribution in [1.29, 1.82) is 0 Å². The largest absolute Gasteiger partial charge is 0.493 e. The second-order valence-electron chi connectivity index (χ2n) is 8.82. The van der Waals surface area contributed by atoms with Gasteiger partial charge in [0, 0.05) is 21.7 Å². The van der Waals surface area contributed by atoms with E-state index in [1.54, 1.807) is 42.1 Å². The average molecular weight is 597 g/mol. The molecule has 7 nitrogen and oxygen atoms in total. The molecule has 0 fully saturated rings. The van der Waals surface area contributed by atoms with Gasteiger partial charge in [-0.1, -0.05) is 53.6 Å². The summed E-state index contributed by atoms with van der Waals surface area (Å²) in [4.78, 5) is 14.2. The van der Waals surface area contributed by atoms with Crippen LogP contribution in [0.1, 0.15) is 11.1 Å². The molecule has 0 unspecified atom stereocenters. The molecule has 10 heteroatoms. The summed E-state index contributed by atoms with van der Waals surface area (Å²) in [5.41, 5.74) is 3.00. The predicted molar refractivity (Wildman–Crippen MR) is 161 cm³/mol. The number of aryl methyl sites for hydroxylation is 1. The number of hydrogen-bond donors (Lipinski definition) is 1. The van der Waals surface area contributed by atoms with Crippen LogP contribution in [0.15, 0.2) is 101 Å². The molecule has 4 aromatic rings. The van der Waals surface area contributed by atoms with E-state index in [0.29, 0.717) is 27.9 Å². The molecule has 0 atom stereocenters. The van der Waals surface area contributed by atoms with Crippen molar-refractivity contribution in [2.45, 2.75) is 22.5 Å². The van der Waals surface area contributed by atoms with Gasteiger partial charge in [0.25, 0.3) is 10.0 Å². The molecule has 0 aliphatic heterocycles. The summed E-state index contributed by atoms with van der Waals surface area (Å²) in [6.07, 6.45) is 0. The van der Waals surface area contributed by atoms with Gasteiger partial charge in [0.2, 0.25) is 5.91 Å². The standard InChI is InChI=1S/C30H29ClN2O5S2/c1-21-8-14-24(15-9-21)33(40(35,36)25-16-17-27(37-2)28(18-25)38-3)19-30(34)32-26-6-4-5-7-29(26)39-20-22-10-12-23(31)13-11-22/h4-18H,19-20H2,1-3H3,(H,32,34). The summed E-state index contributed by atoms with van der Waals surface area (Å²) >= 11 is 7.55. The molecule has 0 aliphatic carbocycles. The van der Waals surface area contributed by atoms with Gasteiger partial charge in [-0.3, -0.25) is 9.10 Å². The summed E-state index contributed by atoms with van der Waals surface area (Å²) in [6.45, 7) is 1.47. The van der Waals surface area contributed by atoms with Crippen LogP contribution < -0.4 is 19.1 Å². The average Bonchev–Trinajstić information content (AvgIpc) is 2.96. The molecule has 0 spiro atoms. The molecule has 1 N–H and O–H groups in total. The highest BCUT2D eigenvalue weighted by Gasteiger charge is 2.28. The number of anilines is 2. The highest BCUT2D eigenvalue weighted by atomic mass is 35.5. The molecule has 0 heterocycles. The number of thioether (sulfide) groups is 1. The fourth-order valence-electron chi connectivity index (χ4n) is 3.89. The van der Waals surface area contributed by atoms with Crippen LogP contribution in [0, 0.1) is 6.92 Å². The Labute approximate surface area is 244 Å². The number of rotatable bonds is 11. The fraction of sp³-hybridized carbons (Fsp3) is 0.167. The SMILES string of the molecule is COc1ccc(S(=O)(=O)N(CC(=O)Nc2ccccc2SCc2ccc(Cl)cc2)c2ccc(C)cc2)cc1OC. The summed E-state index contributed by atoms with van der Waals surface area (Å²) < 4.78 is 39.4. The van der Waals surface area contributed by atoms with Crippen LogP contribution in [0.5, 0.6) is 11.5 Å². The minimum Gasteiger partial charge on any atom is -0.493 e. The van der Waals surface area contributed by atoms with Crippen molar-refractivity contribution >= 4 is 50.7 Å². The Morgan fingerprint density at radius 3 is 2.25 bits per heavy atom. The van der Waals surface area contributed by atoms with Crippen molar-refractivity contribution in [2.75, 3.05) is 30.4 Å². The summed E-state index contributed by atoms with van der Waals surface area (Å²) in [7, 11) is -1.25. The minimum absolute atomic E-state index is 0.0301. The zero-order valence-corrected chi connectivity index (χ0v) is 24.6. The zero-order valence-electron chi connectivity index (χ0n) is 22.3. The van der Waals surface area contributed by atoms with Crippen LogP contribution in [0.25, 0.3) is 0 Å². The smallest absolute Gasteiger partial charge is 0.264 e. The molecule has 4 aromatic carbocycles. The van der Waals surface area contributed by atoms with E-state index in [9.17, 15) is 13.2 Å². The summed E-state index contributed by atoms with van der Waals surface area (Å²) in [5, 5.41) is 3.57. The number of carbonyl (C=O) groups is 1. The summed E-state index contributed by atoms with van der Waals surface area (Å²) in [6, 6.07) is 26.3. The molecule has 0 aromatic heterocycles. The number of halogens is 1. The van der Waals surface area contributed by atoms with Crippen LogP contribution in [0.3, 0.4) is 0 Å². The second-order valence-corrected chi connectivity index (χ2v) is 12.1. The summed E-state index contributed by atoms with van der Waals surface area (Å²) in [5.74, 6) is 0.856. The van der Waals surface area contributed by atoms with E-state index < -0.39 is 22.5 Å². The fourth-order valence-corrected chi connectivity index (χ4v) is 6.41. The van der Waals surface area contributed by atoms with Crippen LogP contribution in [0.4, 0.5) is 11.4 Å². The van der Waals surface area contributed by atoms with Crippen molar-refractivity contribution in [3.8, 4) is 11.5 Å². The van der Waals surface area contributed by atoms with Gasteiger partial charge in [0.1, 0.15) is 6.54 Å². The number of amides is 1. The lowest BCUT2D eigenvalue weighted by Crippen LogP contribution is -2.38. The van der Waals surface area contributed by atoms with E-state index in [1.165, 1.54) is 32.4 Å². The van der Waals surface area contributed by atoms with Crippen molar-refractivity contribution in [1.82, 2.24) is 0 Å². The first-order chi connectivity index (χ1) is 19.2. The minimum atomic E-state index is -4.15. The van der Waals surface area contributed by atoms with Crippen LogP contribution in [-0.2, 0) is 20.6 Å². The van der Waals surface area contributed by atoms with Crippen LogP contribution >= 0.6 is 23.4 Å². The van der Waals surface area contributed by atoms with Gasteiger partial charge < -0.3 is 14.8 Å². The Kier molecular flexibility index (Phi) is 9.63. The number of sulfonamides is 1. The second kappa shape index (κ2) is 13.1. The van der Waals surface area contributed by atoms with Gasteiger partial charge >= 0.3 is 0 Å². The van der Waals surface area contributed by atoms with Crippen LogP contribution in [0.2, 0.25) is 5.02 Å². The first kappa shape index (κ1) is 29.3. The molecule has 0 saturated heterocycles. The van der Waals surface area contributed by atoms with E-state index in [2.05, 4.69) is 5.32 Å². The maximum atomic E-state index is 13.9. The maximum absolute atomic E-state index is 13.9. The number of nitrogens with zero attached hydrogens (tertiary/aromatic N) is 1. The molecule has 40 heavy (non-hydrogen) atoms. The maximum Gasteiger partial charge on any atom is 0.264 e. The third-order valence-electron chi connectivity index (χ3n) is 6.02. The third kappa shape index (κ3) is 7.10. The van der Waals surface area contributed by atoms with E-state index in [-0.39, 0.29) is 10.6 Å². The molecule has 0 bridgehead atoms. The van der Waals surface area contributed by atoms with Gasteiger partial charge in [-0.2, -0.15) is 0 Å². The number of para-hydroxylation sites is 1. The normalized spacial score (nSPS) is 11.1. The van der Waals surface area contributed by atoms with Crippen molar-refractivity contribution in [2.24, 2.45) is 0 Å². The van der Waals surface area contributed by atoms with Crippen molar-refractivity contribution in [3.63, 3.8) is 0 Å². The molecule has 1 amide bonds. The number of ether oxygens (including phenoxy) is 2. The zero-order chi connectivity index (χ0) is 28.7. The van der Waals surface area contributed by atoms with E-state index in [1.807, 2.05) is 49.4 Å². The van der Waals surface area contributed by atoms with Crippen LogP contribution in [-0.4, -0.2) is 35.1 Å². The first-order valence-corrected chi connectivity index (χ1v) is 15.1. The molecular weight excluding hydrogens is 568 g/mol. The molecule has 0 aliphatic rings.